The number of hydrogen-bond donors (Lipinski definition) is 0. The van der Waals surface area contributed by atoms with Gasteiger partial charge in [-0.2, -0.15) is 0 Å². The number of hydrogen-bond acceptors (Lipinski definition) is 8. The van der Waals surface area contributed by atoms with E-state index in [0.717, 1.165) is 34.1 Å². The van der Waals surface area contributed by atoms with Crippen molar-refractivity contribution >= 4 is 40.7 Å². The van der Waals surface area contributed by atoms with Crippen molar-refractivity contribution < 1.29 is 24.0 Å². The molecule has 7 nitrogen and oxygen atoms in total. The molecular formula is C34H30N2O5S. The molecule has 0 radical (unpaired) electrons. The van der Waals surface area contributed by atoms with Crippen molar-refractivity contribution in [1.29, 1.82) is 0 Å². The van der Waals surface area contributed by atoms with Crippen LogP contribution in [0.2, 0.25) is 0 Å². The maximum absolute atomic E-state index is 13.3. The van der Waals surface area contributed by atoms with Crippen LogP contribution in [0.5, 0.6) is 0 Å². The van der Waals surface area contributed by atoms with E-state index < -0.39 is 5.97 Å². The molecule has 0 amide bonds. The summed E-state index contributed by atoms with van der Waals surface area (Å²) in [4.78, 5) is 46.7. The van der Waals surface area contributed by atoms with Gasteiger partial charge in [-0.1, -0.05) is 41.2 Å². The van der Waals surface area contributed by atoms with Crippen LogP contribution in [-0.4, -0.2) is 49.6 Å². The molecule has 1 heterocycles. The van der Waals surface area contributed by atoms with Gasteiger partial charge in [0.05, 0.1) is 13.2 Å². The minimum absolute atomic E-state index is 0.0252. The number of ketones is 2. The molecular weight excluding hydrogens is 548 g/mol. The number of ether oxygens (including phenoxy) is 1. The second-order valence-corrected chi connectivity index (χ2v) is 10.9. The van der Waals surface area contributed by atoms with Crippen LogP contribution in [-0.2, 0) is 14.4 Å². The van der Waals surface area contributed by atoms with Gasteiger partial charge in [0.15, 0.2) is 11.5 Å². The third kappa shape index (κ3) is 7.02. The van der Waals surface area contributed by atoms with Crippen LogP contribution in [0.4, 0.5) is 5.69 Å². The Hall–Kier alpha value is -4.53. The monoisotopic (exact) mass is 578 g/mol. The Bertz CT molecular complexity index is 1610. The van der Waals surface area contributed by atoms with Crippen molar-refractivity contribution in [2.45, 2.75) is 23.6 Å². The summed E-state index contributed by atoms with van der Waals surface area (Å²) in [7, 11) is 0. The number of Topliss-reactive ketones (excluding diaryl/α,β-unsaturated/α-hetero) is 1. The molecule has 1 aliphatic heterocycles. The van der Waals surface area contributed by atoms with E-state index in [2.05, 4.69) is 10.1 Å². The number of carbonyl (C=O) groups excluding carboxylic acids is 3. The highest BCUT2D eigenvalue weighted by Crippen LogP contribution is 2.29. The van der Waals surface area contributed by atoms with Gasteiger partial charge >= 0.3 is 5.97 Å². The van der Waals surface area contributed by atoms with Crippen LogP contribution in [0.3, 0.4) is 0 Å². The second kappa shape index (κ2) is 13.4. The van der Waals surface area contributed by atoms with Gasteiger partial charge in [0.2, 0.25) is 5.78 Å². The van der Waals surface area contributed by atoms with E-state index in [9.17, 15) is 14.4 Å². The summed E-state index contributed by atoms with van der Waals surface area (Å²) in [5.41, 5.74) is 4.30. The van der Waals surface area contributed by atoms with E-state index in [1.165, 1.54) is 18.7 Å². The highest BCUT2D eigenvalue weighted by molar-refractivity contribution is 7.99. The third-order valence-electron chi connectivity index (χ3n) is 6.86. The number of rotatable bonds is 9. The Morgan fingerprint density at radius 2 is 1.31 bits per heavy atom. The lowest BCUT2D eigenvalue weighted by Gasteiger charge is -2.28. The minimum Gasteiger partial charge on any atom is -0.378 e. The van der Waals surface area contributed by atoms with Crippen molar-refractivity contribution in [2.75, 3.05) is 31.2 Å². The quantitative estimate of drug-likeness (QED) is 0.0988. The average Bonchev–Trinajstić information content (AvgIpc) is 3.02. The Kier molecular flexibility index (Phi) is 9.26. The molecule has 0 saturated carbocycles. The van der Waals surface area contributed by atoms with Gasteiger partial charge in [-0.15, -0.1) is 0 Å². The number of carbonyl (C=O) groups is 3. The van der Waals surface area contributed by atoms with Crippen LogP contribution in [0.25, 0.3) is 0 Å². The first-order valence-electron chi connectivity index (χ1n) is 13.6. The Balaban J connectivity index is 1.24. The highest BCUT2D eigenvalue weighted by atomic mass is 32.2. The van der Waals surface area contributed by atoms with Crippen molar-refractivity contribution in [1.82, 2.24) is 0 Å². The normalized spacial score (nSPS) is 13.5. The molecule has 0 spiro atoms. The number of oxime groups is 1. The smallest absolute Gasteiger partial charge is 0.332 e. The predicted octanol–water partition coefficient (Wildman–Crippen LogP) is 6.36. The number of aryl methyl sites for hydroxylation is 1. The molecule has 0 atom stereocenters. The second-order valence-electron chi connectivity index (χ2n) is 9.79. The van der Waals surface area contributed by atoms with Crippen molar-refractivity contribution in [3.05, 3.63) is 125 Å². The van der Waals surface area contributed by atoms with Gasteiger partial charge in [0.25, 0.3) is 0 Å². The zero-order valence-electron chi connectivity index (χ0n) is 23.4. The van der Waals surface area contributed by atoms with Crippen molar-refractivity contribution in [3.8, 4) is 0 Å². The topological polar surface area (TPSA) is 85.3 Å². The predicted molar refractivity (Wildman–Crippen MR) is 164 cm³/mol. The van der Waals surface area contributed by atoms with Crippen LogP contribution < -0.4 is 4.90 Å². The molecule has 4 aromatic rings. The maximum atomic E-state index is 13.3. The summed E-state index contributed by atoms with van der Waals surface area (Å²) in [6, 6.07) is 29.7. The largest absolute Gasteiger partial charge is 0.378 e. The van der Waals surface area contributed by atoms with Crippen LogP contribution in [0, 0.1) is 6.92 Å². The number of nitrogens with zero attached hydrogens (tertiary/aromatic N) is 2. The van der Waals surface area contributed by atoms with Crippen molar-refractivity contribution in [2.24, 2.45) is 5.16 Å². The molecule has 8 heteroatoms. The summed E-state index contributed by atoms with van der Waals surface area (Å²) < 4.78 is 5.42. The zero-order chi connectivity index (χ0) is 29.5. The molecule has 5 rings (SSSR count). The molecule has 0 aliphatic carbocycles. The first-order chi connectivity index (χ1) is 20.4. The Labute approximate surface area is 249 Å². The fraction of sp³-hybridized carbons (Fsp3) is 0.176. The van der Waals surface area contributed by atoms with Gasteiger partial charge in [0, 0.05) is 57.7 Å². The van der Waals surface area contributed by atoms with E-state index in [1.807, 2.05) is 79.7 Å². The van der Waals surface area contributed by atoms with Crippen LogP contribution in [0.15, 0.2) is 112 Å². The molecule has 42 heavy (non-hydrogen) atoms. The minimum atomic E-state index is -0.602. The van der Waals surface area contributed by atoms with E-state index in [0.29, 0.717) is 35.5 Å². The number of morpholine rings is 1. The molecule has 4 aromatic carbocycles. The molecule has 0 N–H and O–H groups in total. The molecule has 0 bridgehead atoms. The first-order valence-corrected chi connectivity index (χ1v) is 14.4. The molecule has 1 aliphatic rings. The number of anilines is 1. The summed E-state index contributed by atoms with van der Waals surface area (Å²) in [5.74, 6) is -0.971. The van der Waals surface area contributed by atoms with E-state index in [4.69, 9.17) is 9.57 Å². The van der Waals surface area contributed by atoms with Gasteiger partial charge in [-0.25, -0.2) is 4.79 Å². The Morgan fingerprint density at radius 1 is 0.762 bits per heavy atom. The molecule has 1 fully saturated rings. The fourth-order valence-electron chi connectivity index (χ4n) is 4.59. The van der Waals surface area contributed by atoms with E-state index in [-0.39, 0.29) is 17.3 Å². The van der Waals surface area contributed by atoms with E-state index >= 15 is 0 Å². The average molecular weight is 579 g/mol. The maximum Gasteiger partial charge on any atom is 0.332 e. The van der Waals surface area contributed by atoms with Gasteiger partial charge in [0.1, 0.15) is 0 Å². The summed E-state index contributed by atoms with van der Waals surface area (Å²) >= 11 is 1.53. The van der Waals surface area contributed by atoms with Crippen LogP contribution >= 0.6 is 11.8 Å². The molecule has 0 unspecified atom stereocenters. The zero-order valence-corrected chi connectivity index (χ0v) is 24.2. The lowest BCUT2D eigenvalue weighted by molar-refractivity contribution is -0.140. The summed E-state index contributed by atoms with van der Waals surface area (Å²) in [6.07, 6.45) is 0. The lowest BCUT2D eigenvalue weighted by atomic mass is 9.97. The lowest BCUT2D eigenvalue weighted by Crippen LogP contribution is -2.36. The van der Waals surface area contributed by atoms with Gasteiger partial charge in [-0.05, 0) is 85.3 Å². The van der Waals surface area contributed by atoms with Gasteiger partial charge < -0.3 is 14.5 Å². The third-order valence-corrected chi connectivity index (χ3v) is 7.87. The van der Waals surface area contributed by atoms with Gasteiger partial charge in [-0.3, -0.25) is 9.59 Å². The van der Waals surface area contributed by atoms with Crippen LogP contribution in [0.1, 0.15) is 44.3 Å². The highest BCUT2D eigenvalue weighted by Gasteiger charge is 2.20. The SMILES string of the molecule is CC(=O)O/N=C(\C(=O)c1ccc(Sc2ccc(C(=O)c3ccc(N4CCOCC4)cc3)cc2)cc1)c1ccccc1C. The standard InChI is InChI=1S/C34H30N2O5S/c1-23-5-3-4-6-31(23)32(35-41-24(2)37)34(39)27-11-17-30(18-12-27)42-29-15-9-26(10-16-29)33(38)25-7-13-28(14-8-25)36-19-21-40-22-20-36/h3-18H,19-22H2,1-2H3/b35-32-. The fourth-order valence-corrected chi connectivity index (χ4v) is 5.41. The molecule has 0 aromatic heterocycles. The summed E-state index contributed by atoms with van der Waals surface area (Å²) in [5, 5.41) is 3.87. The van der Waals surface area contributed by atoms with E-state index in [1.54, 1.807) is 24.3 Å². The van der Waals surface area contributed by atoms with Crippen molar-refractivity contribution in [3.63, 3.8) is 0 Å². The Morgan fingerprint density at radius 3 is 1.88 bits per heavy atom. The summed E-state index contributed by atoms with van der Waals surface area (Å²) in [6.45, 7) is 6.24. The molecule has 1 saturated heterocycles. The molecule has 212 valence electrons. The number of benzene rings is 4. The first kappa shape index (κ1) is 29.0.